The van der Waals surface area contributed by atoms with Gasteiger partial charge in [-0.3, -0.25) is 9.20 Å². The van der Waals surface area contributed by atoms with E-state index >= 15 is 0 Å². The fraction of sp³-hybridized carbons (Fsp3) is 0.143. The minimum atomic E-state index is -3.70. The van der Waals surface area contributed by atoms with Gasteiger partial charge in [0.05, 0.1) is 10.6 Å². The second kappa shape index (κ2) is 8.02. The molecule has 0 aliphatic carbocycles. The molecule has 0 saturated heterocycles. The zero-order valence-electron chi connectivity index (χ0n) is 16.2. The molecule has 0 aliphatic rings. The number of carbonyl (C=O) groups is 1. The van der Waals surface area contributed by atoms with Crippen molar-refractivity contribution in [3.63, 3.8) is 0 Å². The monoisotopic (exact) mass is 440 g/mol. The Balaban J connectivity index is 1.42. The fourth-order valence-electron chi connectivity index (χ4n) is 3.16. The summed E-state index contributed by atoms with van der Waals surface area (Å²) in [4.78, 5) is 18.7. The number of imidazole rings is 1. The fourth-order valence-corrected chi connectivity index (χ4v) is 4.70. The summed E-state index contributed by atoms with van der Waals surface area (Å²) in [5.74, 6) is -0.148. The second-order valence-corrected chi connectivity index (χ2v) is 9.40. The van der Waals surface area contributed by atoms with Crippen LogP contribution in [0.15, 0.2) is 65.7 Å². The van der Waals surface area contributed by atoms with E-state index in [1.54, 1.807) is 12.1 Å². The molecule has 0 atom stereocenters. The molecule has 0 fully saturated rings. The number of hydrogen-bond donors (Lipinski definition) is 2. The van der Waals surface area contributed by atoms with E-state index in [1.807, 2.05) is 47.9 Å². The lowest BCUT2D eigenvalue weighted by Gasteiger charge is -2.06. The maximum Gasteiger partial charge on any atom is 0.263 e. The summed E-state index contributed by atoms with van der Waals surface area (Å²) in [6, 6.07) is 16.2. The predicted molar refractivity (Wildman–Crippen MR) is 117 cm³/mol. The lowest BCUT2D eigenvalue weighted by atomic mass is 10.1. The van der Waals surface area contributed by atoms with Crippen molar-refractivity contribution < 1.29 is 13.2 Å². The number of fused-ring (bicyclic) bond motifs is 1. The molecule has 0 saturated carbocycles. The van der Waals surface area contributed by atoms with Crippen molar-refractivity contribution in [3.8, 4) is 11.3 Å². The molecule has 154 valence electrons. The predicted octanol–water partition coefficient (Wildman–Crippen LogP) is 2.99. The first-order valence-corrected chi connectivity index (χ1v) is 11.6. The Kier molecular flexibility index (Phi) is 5.42. The lowest BCUT2D eigenvalue weighted by Crippen LogP contribution is -2.25. The van der Waals surface area contributed by atoms with Gasteiger partial charge < -0.3 is 5.32 Å². The number of hydrogen-bond acceptors (Lipinski definition) is 5. The Morgan fingerprint density at radius 2 is 1.83 bits per heavy atom. The SMILES string of the molecule is Cc1c(C(=O)NCCc2ccc(S(N)(=O)=O)cc2)sc2nc(-c3ccccc3)cn12. The number of nitrogens with two attached hydrogens (primary N) is 1. The quantitative estimate of drug-likeness (QED) is 0.481. The van der Waals surface area contributed by atoms with Gasteiger partial charge in [0, 0.05) is 24.0 Å². The summed E-state index contributed by atoms with van der Waals surface area (Å²) >= 11 is 1.36. The van der Waals surface area contributed by atoms with E-state index in [0.717, 1.165) is 27.5 Å². The zero-order valence-corrected chi connectivity index (χ0v) is 17.8. The largest absolute Gasteiger partial charge is 0.351 e. The molecule has 2 aromatic carbocycles. The van der Waals surface area contributed by atoms with E-state index < -0.39 is 10.0 Å². The van der Waals surface area contributed by atoms with Crippen LogP contribution < -0.4 is 10.5 Å². The molecule has 0 aliphatic heterocycles. The van der Waals surface area contributed by atoms with Crippen molar-refractivity contribution >= 4 is 32.2 Å². The van der Waals surface area contributed by atoms with Gasteiger partial charge >= 0.3 is 0 Å². The van der Waals surface area contributed by atoms with Gasteiger partial charge in [-0.05, 0) is 31.0 Å². The first-order valence-electron chi connectivity index (χ1n) is 9.27. The summed E-state index contributed by atoms with van der Waals surface area (Å²) in [6.45, 7) is 2.34. The van der Waals surface area contributed by atoms with Crippen molar-refractivity contribution in [1.29, 1.82) is 0 Å². The Labute approximate surface area is 178 Å². The van der Waals surface area contributed by atoms with Gasteiger partial charge in [0.25, 0.3) is 5.91 Å². The average Bonchev–Trinajstić information content (AvgIpc) is 3.28. The van der Waals surface area contributed by atoms with Crippen LogP contribution in [0.1, 0.15) is 20.9 Å². The Bertz CT molecular complexity index is 1310. The van der Waals surface area contributed by atoms with Crippen LogP contribution in [0.2, 0.25) is 0 Å². The minimum Gasteiger partial charge on any atom is -0.351 e. The van der Waals surface area contributed by atoms with Crippen LogP contribution in [0.25, 0.3) is 16.2 Å². The molecule has 9 heteroatoms. The van der Waals surface area contributed by atoms with Crippen molar-refractivity contribution in [3.05, 3.63) is 76.9 Å². The molecule has 7 nitrogen and oxygen atoms in total. The van der Waals surface area contributed by atoms with Crippen LogP contribution in [-0.4, -0.2) is 30.3 Å². The molecule has 4 rings (SSSR count). The Hall–Kier alpha value is -3.01. The number of carbonyl (C=O) groups excluding carboxylic acids is 1. The topological polar surface area (TPSA) is 107 Å². The van der Waals surface area contributed by atoms with E-state index in [2.05, 4.69) is 10.3 Å². The van der Waals surface area contributed by atoms with Crippen LogP contribution in [0, 0.1) is 6.92 Å². The number of rotatable bonds is 6. The number of amides is 1. The van der Waals surface area contributed by atoms with E-state index in [-0.39, 0.29) is 10.8 Å². The van der Waals surface area contributed by atoms with Gasteiger partial charge in [-0.1, -0.05) is 53.8 Å². The highest BCUT2D eigenvalue weighted by Gasteiger charge is 2.18. The highest BCUT2D eigenvalue weighted by Crippen LogP contribution is 2.27. The molecule has 1 amide bonds. The third kappa shape index (κ3) is 4.13. The van der Waals surface area contributed by atoms with Crippen molar-refractivity contribution in [2.45, 2.75) is 18.2 Å². The minimum absolute atomic E-state index is 0.0720. The zero-order chi connectivity index (χ0) is 21.3. The summed E-state index contributed by atoms with van der Waals surface area (Å²) in [5.41, 5.74) is 3.67. The van der Waals surface area contributed by atoms with E-state index in [0.29, 0.717) is 17.8 Å². The van der Waals surface area contributed by atoms with Crippen LogP contribution in [0.4, 0.5) is 0 Å². The highest BCUT2D eigenvalue weighted by molar-refractivity contribution is 7.89. The molecular formula is C21H20N4O3S2. The molecule has 0 unspecified atom stereocenters. The number of aromatic nitrogens is 2. The van der Waals surface area contributed by atoms with Crippen molar-refractivity contribution in [2.24, 2.45) is 5.14 Å². The molecule has 3 N–H and O–H groups in total. The number of primary sulfonamides is 1. The van der Waals surface area contributed by atoms with Crippen LogP contribution in [-0.2, 0) is 16.4 Å². The van der Waals surface area contributed by atoms with E-state index in [4.69, 9.17) is 5.14 Å². The van der Waals surface area contributed by atoms with Gasteiger partial charge in [-0.2, -0.15) is 0 Å². The number of benzene rings is 2. The van der Waals surface area contributed by atoms with Gasteiger partial charge in [-0.15, -0.1) is 0 Å². The van der Waals surface area contributed by atoms with Gasteiger partial charge in [0.2, 0.25) is 10.0 Å². The third-order valence-corrected chi connectivity index (χ3v) is 6.87. The van der Waals surface area contributed by atoms with Gasteiger partial charge in [0.1, 0.15) is 4.88 Å². The molecule has 0 spiro atoms. The van der Waals surface area contributed by atoms with Gasteiger partial charge in [-0.25, -0.2) is 18.5 Å². The van der Waals surface area contributed by atoms with Crippen molar-refractivity contribution in [2.75, 3.05) is 6.54 Å². The normalized spacial score (nSPS) is 11.7. The number of aryl methyl sites for hydroxylation is 1. The Morgan fingerprint density at radius 1 is 1.13 bits per heavy atom. The molecule has 2 heterocycles. The average molecular weight is 441 g/mol. The molecule has 30 heavy (non-hydrogen) atoms. The summed E-state index contributed by atoms with van der Waals surface area (Å²) in [5, 5.41) is 8.02. The first-order chi connectivity index (χ1) is 14.3. The summed E-state index contributed by atoms with van der Waals surface area (Å²) in [6.07, 6.45) is 2.52. The summed E-state index contributed by atoms with van der Waals surface area (Å²) in [7, 11) is -3.70. The molecule has 0 radical (unpaired) electrons. The molecule has 2 aromatic heterocycles. The molecule has 4 aromatic rings. The summed E-state index contributed by atoms with van der Waals surface area (Å²) < 4.78 is 24.5. The van der Waals surface area contributed by atoms with Crippen molar-refractivity contribution in [1.82, 2.24) is 14.7 Å². The maximum atomic E-state index is 12.6. The first kappa shape index (κ1) is 20.3. The number of sulfonamides is 1. The Morgan fingerprint density at radius 3 is 2.47 bits per heavy atom. The van der Waals surface area contributed by atoms with E-state index in [1.165, 1.54) is 23.5 Å². The second-order valence-electron chi connectivity index (χ2n) is 6.86. The number of thiazole rings is 1. The van der Waals surface area contributed by atoms with Crippen LogP contribution in [0.3, 0.4) is 0 Å². The van der Waals surface area contributed by atoms with E-state index in [9.17, 15) is 13.2 Å². The maximum absolute atomic E-state index is 12.6. The van der Waals surface area contributed by atoms with Crippen LogP contribution in [0.5, 0.6) is 0 Å². The molecular weight excluding hydrogens is 420 g/mol. The smallest absolute Gasteiger partial charge is 0.263 e. The third-order valence-electron chi connectivity index (χ3n) is 4.78. The standard InChI is InChI=1S/C21H20N4O3S2/c1-14-19(29-21-24-18(13-25(14)21)16-5-3-2-4-6-16)20(26)23-12-11-15-7-9-17(10-8-15)30(22,27)28/h2-10,13H,11-12H2,1H3,(H,23,26)(H2,22,27,28). The number of nitrogens with zero attached hydrogens (tertiary/aromatic N) is 2. The molecule has 0 bridgehead atoms. The van der Waals surface area contributed by atoms with Gasteiger partial charge in [0.15, 0.2) is 4.96 Å². The van der Waals surface area contributed by atoms with Crippen LogP contribution >= 0.6 is 11.3 Å². The highest BCUT2D eigenvalue weighted by atomic mass is 32.2. The lowest BCUT2D eigenvalue weighted by molar-refractivity contribution is 0.0957. The number of nitrogens with one attached hydrogen (secondary N) is 1.